The molecule has 1 aliphatic rings. The molecule has 1 unspecified atom stereocenters. The second kappa shape index (κ2) is 15.5. The Labute approximate surface area is 239 Å². The number of rotatable bonds is 11. The second-order valence-corrected chi connectivity index (χ2v) is 9.96. The largest absolute Gasteiger partial charge is 0.507 e. The lowest BCUT2D eigenvalue weighted by molar-refractivity contribution is -0.116. The molecule has 2 rings (SSSR count). The predicted octanol–water partition coefficient (Wildman–Crippen LogP) is 6.43. The summed E-state index contributed by atoms with van der Waals surface area (Å²) in [7, 11) is 0. The van der Waals surface area contributed by atoms with E-state index in [2.05, 4.69) is 30.2 Å². The topological polar surface area (TPSA) is 133 Å². The zero-order valence-corrected chi connectivity index (χ0v) is 23.9. The van der Waals surface area contributed by atoms with E-state index in [9.17, 15) is 29.4 Å². The Kier molecular flexibility index (Phi) is 12.5. The summed E-state index contributed by atoms with van der Waals surface area (Å²) in [6, 6.07) is 1.20. The molecule has 0 bridgehead atoms. The first-order chi connectivity index (χ1) is 18.9. The minimum Gasteiger partial charge on any atom is -0.507 e. The Bertz CT molecular complexity index is 1330. The van der Waals surface area contributed by atoms with E-state index < -0.39 is 29.1 Å². The zero-order valence-electron chi connectivity index (χ0n) is 23.2. The maximum absolute atomic E-state index is 12.7. The highest BCUT2D eigenvalue weighted by Gasteiger charge is 2.28. The lowest BCUT2D eigenvalue weighted by Crippen LogP contribution is -2.15. The van der Waals surface area contributed by atoms with Gasteiger partial charge in [-0.15, -0.1) is 0 Å². The number of phenols is 2. The monoisotopic (exact) mass is 566 g/mol. The van der Waals surface area contributed by atoms with E-state index in [1.165, 1.54) is 36.4 Å². The summed E-state index contributed by atoms with van der Waals surface area (Å²) in [5.41, 5.74) is 1.17. The molecule has 0 radical (unpaired) electrons. The van der Waals surface area contributed by atoms with Gasteiger partial charge in [-0.25, -0.2) is 4.99 Å². The predicted molar refractivity (Wildman–Crippen MR) is 159 cm³/mol. The summed E-state index contributed by atoms with van der Waals surface area (Å²) in [5.74, 6) is -2.30. The highest BCUT2D eigenvalue weighted by atomic mass is 35.5. The highest BCUT2D eigenvalue weighted by Crippen LogP contribution is 2.41. The van der Waals surface area contributed by atoms with Gasteiger partial charge in [-0.05, 0) is 32.3 Å². The summed E-state index contributed by atoms with van der Waals surface area (Å²) in [4.78, 5) is 51.1. The summed E-state index contributed by atoms with van der Waals surface area (Å²) >= 11 is 6.25. The Hall–Kier alpha value is -4.04. The van der Waals surface area contributed by atoms with Crippen molar-refractivity contribution >= 4 is 52.5 Å². The van der Waals surface area contributed by atoms with Crippen LogP contribution in [0.15, 0.2) is 64.7 Å². The quantitative estimate of drug-likeness (QED) is 0.122. The fourth-order valence-corrected chi connectivity index (χ4v) is 4.20. The number of hydrogen-bond donors (Lipinski definition) is 3. The maximum atomic E-state index is 12.7. The molecule has 1 aromatic rings. The van der Waals surface area contributed by atoms with Crippen LogP contribution >= 0.6 is 11.6 Å². The molecule has 1 saturated carbocycles. The third-order valence-electron chi connectivity index (χ3n) is 6.03. The van der Waals surface area contributed by atoms with Crippen LogP contribution in [0.1, 0.15) is 65.4 Å². The summed E-state index contributed by atoms with van der Waals surface area (Å²) in [5, 5.41) is 23.4. The first-order valence-corrected chi connectivity index (χ1v) is 13.4. The number of amides is 2. The number of allylic oxidation sites excluding steroid dienone is 7. The molecule has 2 amide bonds. The van der Waals surface area contributed by atoms with Crippen molar-refractivity contribution in [3.8, 4) is 11.5 Å². The van der Waals surface area contributed by atoms with Crippen molar-refractivity contribution in [2.45, 2.75) is 59.8 Å². The number of carbonyl (C=O) groups is 4. The van der Waals surface area contributed by atoms with Crippen LogP contribution in [-0.4, -0.2) is 39.3 Å². The molecule has 40 heavy (non-hydrogen) atoms. The van der Waals surface area contributed by atoms with E-state index in [0.29, 0.717) is 11.5 Å². The normalized spacial score (nSPS) is 15.6. The number of Topliss-reactive ketones (excluding diaryl/α,β-unsaturated/α-hetero) is 2. The van der Waals surface area contributed by atoms with Crippen LogP contribution in [-0.2, 0) is 19.2 Å². The van der Waals surface area contributed by atoms with Crippen molar-refractivity contribution in [2.24, 2.45) is 10.9 Å². The molecule has 3 N–H and O–H groups in total. The van der Waals surface area contributed by atoms with Gasteiger partial charge in [0.15, 0.2) is 23.0 Å². The number of halogens is 1. The van der Waals surface area contributed by atoms with Gasteiger partial charge < -0.3 is 15.5 Å². The van der Waals surface area contributed by atoms with Gasteiger partial charge in [0.2, 0.25) is 0 Å². The van der Waals surface area contributed by atoms with E-state index in [1.54, 1.807) is 13.0 Å². The summed E-state index contributed by atoms with van der Waals surface area (Å²) in [6.45, 7) is 7.87. The molecule has 212 valence electrons. The highest BCUT2D eigenvalue weighted by molar-refractivity contribution is 6.70. The number of nitrogens with zero attached hydrogens (tertiary/aromatic N) is 1. The number of benzene rings is 1. The van der Waals surface area contributed by atoms with Gasteiger partial charge in [-0.1, -0.05) is 80.3 Å². The molecule has 1 fully saturated rings. The molecule has 1 aromatic carbocycles. The smallest absolute Gasteiger partial charge is 0.270 e. The van der Waals surface area contributed by atoms with Gasteiger partial charge in [0.25, 0.3) is 11.8 Å². The number of aliphatic imine (C=N–C) groups is 1. The molecule has 1 aliphatic carbocycles. The van der Waals surface area contributed by atoms with Crippen LogP contribution in [0.4, 0.5) is 5.69 Å². The molecule has 8 nitrogen and oxygen atoms in total. The first-order valence-electron chi connectivity index (χ1n) is 13.1. The molecule has 0 aliphatic heterocycles. The van der Waals surface area contributed by atoms with Gasteiger partial charge in [0.05, 0.1) is 10.7 Å². The van der Waals surface area contributed by atoms with E-state index in [4.69, 9.17) is 11.6 Å². The summed E-state index contributed by atoms with van der Waals surface area (Å²) < 4.78 is 0. The number of unbranched alkanes of at least 4 members (excludes halogenated alkanes) is 1. The molecule has 1 atom stereocenters. The lowest BCUT2D eigenvalue weighted by atomic mass is 10.0. The zero-order chi connectivity index (χ0) is 29.8. The van der Waals surface area contributed by atoms with Crippen LogP contribution in [0.3, 0.4) is 0 Å². The number of hydrogen-bond acceptors (Lipinski definition) is 6. The van der Waals surface area contributed by atoms with Crippen LogP contribution in [0.5, 0.6) is 11.5 Å². The fraction of sp³-hybridized carbons (Fsp3) is 0.323. The molecule has 0 aromatic heterocycles. The van der Waals surface area contributed by atoms with Crippen molar-refractivity contribution in [1.82, 2.24) is 0 Å². The van der Waals surface area contributed by atoms with E-state index in [0.717, 1.165) is 30.9 Å². The van der Waals surface area contributed by atoms with Gasteiger partial charge >= 0.3 is 0 Å². The van der Waals surface area contributed by atoms with E-state index in [-0.39, 0.29) is 40.6 Å². The van der Waals surface area contributed by atoms with Crippen LogP contribution in [0.25, 0.3) is 6.08 Å². The number of nitrogens with one attached hydrogen (secondary N) is 1. The van der Waals surface area contributed by atoms with Crippen LogP contribution in [0, 0.1) is 5.92 Å². The Morgan fingerprint density at radius 2 is 1.75 bits per heavy atom. The van der Waals surface area contributed by atoms with Gasteiger partial charge in [-0.2, -0.15) is 0 Å². The minimum atomic E-state index is -0.728. The number of anilines is 1. The molecule has 0 spiro atoms. The number of ketones is 2. The van der Waals surface area contributed by atoms with Gasteiger partial charge in [-0.3, -0.25) is 19.2 Å². The van der Waals surface area contributed by atoms with Crippen molar-refractivity contribution in [3.63, 3.8) is 0 Å². The molecule has 0 heterocycles. The maximum Gasteiger partial charge on any atom is 0.270 e. The number of phenolic OH excluding ortho intramolecular Hbond substituents is 2. The average Bonchev–Trinajstić information content (AvgIpc) is 3.21. The third-order valence-corrected chi connectivity index (χ3v) is 6.41. The van der Waals surface area contributed by atoms with Crippen LogP contribution in [0.2, 0.25) is 5.02 Å². The number of carbonyl (C=O) groups excluding carboxylic acids is 4. The second-order valence-electron chi connectivity index (χ2n) is 9.58. The Balaban J connectivity index is 2.05. The van der Waals surface area contributed by atoms with Crippen molar-refractivity contribution in [3.05, 3.63) is 70.3 Å². The first kappa shape index (κ1) is 32.2. The van der Waals surface area contributed by atoms with E-state index in [1.807, 2.05) is 6.92 Å². The van der Waals surface area contributed by atoms with E-state index >= 15 is 0 Å². The van der Waals surface area contributed by atoms with Crippen molar-refractivity contribution < 1.29 is 29.4 Å². The lowest BCUT2D eigenvalue weighted by Gasteiger charge is -2.12. The van der Waals surface area contributed by atoms with Gasteiger partial charge in [0.1, 0.15) is 5.75 Å². The Morgan fingerprint density at radius 1 is 1.10 bits per heavy atom. The Morgan fingerprint density at radius 3 is 2.40 bits per heavy atom. The van der Waals surface area contributed by atoms with Crippen LogP contribution < -0.4 is 5.32 Å². The molecular weight excluding hydrogens is 532 g/mol. The molecule has 0 saturated heterocycles. The van der Waals surface area contributed by atoms with Crippen molar-refractivity contribution in [1.29, 1.82) is 0 Å². The third kappa shape index (κ3) is 9.61. The molecule has 9 heteroatoms. The number of aromatic hydroxyl groups is 2. The minimum absolute atomic E-state index is 0.0341. The fourth-order valence-electron chi connectivity index (χ4n) is 3.94. The standard InChI is InChI=1S/C31H35ClN2O6/c1-5-6-11-19(2)16-20(3)17-21(4)31(40)33-23-18-26(37)22(28(32)30(23)39)12-9-7-8-10-13-27(38)34-29-24(35)14-15-25(29)36/h7-10,12-13,16-19,37,39H,5-6,11,14-15H2,1-4H3,(H,33,40). The SMILES string of the molecule is CCCCC(C)C=C(C)C=C(C)C(=O)Nc1cc(O)c(C=CC=CC=CC(=O)N=C2C(=O)CCC2=O)c(Cl)c1O. The average molecular weight is 567 g/mol. The molecular formula is C31H35ClN2O6. The van der Waals surface area contributed by atoms with Crippen molar-refractivity contribution in [2.75, 3.05) is 5.32 Å². The van der Waals surface area contributed by atoms with Gasteiger partial charge in [0, 0.05) is 36.1 Å². The summed E-state index contributed by atoms with van der Waals surface area (Å²) in [6.07, 6.45) is 15.8.